The molecule has 0 spiro atoms. The van der Waals surface area contributed by atoms with Crippen LogP contribution in [-0.2, 0) is 0 Å². The molecule has 1 aliphatic carbocycles. The highest BCUT2D eigenvalue weighted by atomic mass is 16.2. The molecule has 1 fully saturated rings. The normalized spacial score (nSPS) is 25.4. The molecule has 1 aliphatic rings. The Labute approximate surface area is 95.2 Å². The maximum absolute atomic E-state index is 12.1. The predicted octanol–water partition coefficient (Wildman–Crippen LogP) is 1.46. The molecule has 0 saturated heterocycles. The first-order valence-corrected chi connectivity index (χ1v) is 5.83. The first kappa shape index (κ1) is 11.1. The molecule has 1 saturated carbocycles. The Hall–Kier alpha value is -1.39. The molecular formula is C11H18N4O. The van der Waals surface area contributed by atoms with Gasteiger partial charge in [0.15, 0.2) is 5.69 Å². The number of aromatic nitrogens is 3. The number of carbonyl (C=O) groups is 1. The van der Waals surface area contributed by atoms with E-state index in [0.717, 1.165) is 6.42 Å². The second-order valence-electron chi connectivity index (χ2n) is 4.60. The van der Waals surface area contributed by atoms with Gasteiger partial charge in [0.25, 0.3) is 5.91 Å². The summed E-state index contributed by atoms with van der Waals surface area (Å²) < 4.78 is 0. The largest absolute Gasteiger partial charge is 0.337 e. The van der Waals surface area contributed by atoms with E-state index in [0.29, 0.717) is 17.7 Å². The zero-order valence-corrected chi connectivity index (χ0v) is 9.81. The zero-order chi connectivity index (χ0) is 11.5. The summed E-state index contributed by atoms with van der Waals surface area (Å²) in [5.74, 6) is 0.544. The molecule has 0 radical (unpaired) electrons. The van der Waals surface area contributed by atoms with Crippen LogP contribution in [0.3, 0.4) is 0 Å². The molecule has 5 heteroatoms. The second-order valence-corrected chi connectivity index (χ2v) is 4.60. The highest BCUT2D eigenvalue weighted by molar-refractivity contribution is 5.91. The SMILES string of the molecule is CC1CCCCC1N(C)C(=O)c1cn[nH]n1. The first-order valence-electron chi connectivity index (χ1n) is 5.83. The van der Waals surface area contributed by atoms with Crippen LogP contribution < -0.4 is 0 Å². The Morgan fingerprint density at radius 2 is 2.25 bits per heavy atom. The Bertz CT molecular complexity index is 349. The number of rotatable bonds is 2. The molecule has 1 aromatic heterocycles. The molecule has 0 aromatic carbocycles. The van der Waals surface area contributed by atoms with Crippen molar-refractivity contribution in [3.05, 3.63) is 11.9 Å². The van der Waals surface area contributed by atoms with Gasteiger partial charge in [0, 0.05) is 13.1 Å². The first-order chi connectivity index (χ1) is 7.70. The van der Waals surface area contributed by atoms with Crippen LogP contribution in [0.5, 0.6) is 0 Å². The summed E-state index contributed by atoms with van der Waals surface area (Å²) in [6.07, 6.45) is 6.28. The summed E-state index contributed by atoms with van der Waals surface area (Å²) >= 11 is 0. The van der Waals surface area contributed by atoms with Crippen LogP contribution in [0.4, 0.5) is 0 Å². The summed E-state index contributed by atoms with van der Waals surface area (Å²) in [7, 11) is 1.86. The number of hydrogen-bond acceptors (Lipinski definition) is 3. The van der Waals surface area contributed by atoms with E-state index in [1.165, 1.54) is 25.5 Å². The lowest BCUT2D eigenvalue weighted by Crippen LogP contribution is -2.42. The number of nitrogens with one attached hydrogen (secondary N) is 1. The quantitative estimate of drug-likeness (QED) is 0.824. The Morgan fingerprint density at radius 1 is 1.50 bits per heavy atom. The third-order valence-corrected chi connectivity index (χ3v) is 3.52. The van der Waals surface area contributed by atoms with E-state index in [9.17, 15) is 4.79 Å². The standard InChI is InChI=1S/C11H18N4O/c1-8-5-3-4-6-10(8)15(2)11(16)9-7-12-14-13-9/h7-8,10H,3-6H2,1-2H3,(H,12,13,14). The summed E-state index contributed by atoms with van der Waals surface area (Å²) in [5.41, 5.74) is 0.403. The van der Waals surface area contributed by atoms with Crippen molar-refractivity contribution in [2.24, 2.45) is 5.92 Å². The molecule has 2 atom stereocenters. The van der Waals surface area contributed by atoms with Gasteiger partial charge in [-0.1, -0.05) is 19.8 Å². The minimum atomic E-state index is -0.0347. The van der Waals surface area contributed by atoms with Crippen molar-refractivity contribution in [2.45, 2.75) is 38.6 Å². The third kappa shape index (κ3) is 2.08. The average Bonchev–Trinajstić information content (AvgIpc) is 2.81. The lowest BCUT2D eigenvalue weighted by atomic mass is 9.85. The van der Waals surface area contributed by atoms with Gasteiger partial charge in [-0.3, -0.25) is 4.79 Å². The van der Waals surface area contributed by atoms with Crippen LogP contribution in [0.2, 0.25) is 0 Å². The highest BCUT2D eigenvalue weighted by Gasteiger charge is 2.29. The second kappa shape index (κ2) is 4.63. The third-order valence-electron chi connectivity index (χ3n) is 3.52. The summed E-state index contributed by atoms with van der Waals surface area (Å²) in [5, 5.41) is 9.97. The van der Waals surface area contributed by atoms with Crippen molar-refractivity contribution in [1.82, 2.24) is 20.3 Å². The van der Waals surface area contributed by atoms with Crippen LogP contribution in [0, 0.1) is 5.92 Å². The van der Waals surface area contributed by atoms with Gasteiger partial charge in [-0.2, -0.15) is 15.4 Å². The average molecular weight is 222 g/mol. The number of hydrogen-bond donors (Lipinski definition) is 1. The lowest BCUT2D eigenvalue weighted by Gasteiger charge is -2.35. The van der Waals surface area contributed by atoms with Crippen molar-refractivity contribution in [1.29, 1.82) is 0 Å². The monoisotopic (exact) mass is 222 g/mol. The van der Waals surface area contributed by atoms with Crippen LogP contribution >= 0.6 is 0 Å². The van der Waals surface area contributed by atoms with Gasteiger partial charge >= 0.3 is 0 Å². The highest BCUT2D eigenvalue weighted by Crippen LogP contribution is 2.27. The van der Waals surface area contributed by atoms with Crippen LogP contribution in [0.15, 0.2) is 6.20 Å². The van der Waals surface area contributed by atoms with E-state index in [4.69, 9.17) is 0 Å². The molecule has 1 amide bonds. The van der Waals surface area contributed by atoms with Gasteiger partial charge in [-0.25, -0.2) is 0 Å². The van der Waals surface area contributed by atoms with Crippen molar-refractivity contribution in [3.63, 3.8) is 0 Å². The van der Waals surface area contributed by atoms with Gasteiger partial charge in [-0.15, -0.1) is 0 Å². The molecular weight excluding hydrogens is 204 g/mol. The van der Waals surface area contributed by atoms with Crippen molar-refractivity contribution in [3.8, 4) is 0 Å². The van der Waals surface area contributed by atoms with Crippen molar-refractivity contribution >= 4 is 5.91 Å². The topological polar surface area (TPSA) is 61.9 Å². The van der Waals surface area contributed by atoms with Gasteiger partial charge in [0.05, 0.1) is 6.20 Å². The number of carbonyl (C=O) groups excluding carboxylic acids is 1. The maximum Gasteiger partial charge on any atom is 0.276 e. The van der Waals surface area contributed by atoms with E-state index in [1.807, 2.05) is 11.9 Å². The van der Waals surface area contributed by atoms with E-state index in [1.54, 1.807) is 0 Å². The Kier molecular flexibility index (Phi) is 3.22. The van der Waals surface area contributed by atoms with Gasteiger partial charge in [0.1, 0.15) is 0 Å². The molecule has 88 valence electrons. The number of amides is 1. The van der Waals surface area contributed by atoms with Crippen LogP contribution in [-0.4, -0.2) is 39.3 Å². The van der Waals surface area contributed by atoms with Crippen molar-refractivity contribution in [2.75, 3.05) is 7.05 Å². The molecule has 2 rings (SSSR count). The molecule has 0 aliphatic heterocycles. The maximum atomic E-state index is 12.1. The van der Waals surface area contributed by atoms with E-state index in [-0.39, 0.29) is 5.91 Å². The van der Waals surface area contributed by atoms with Crippen molar-refractivity contribution < 1.29 is 4.79 Å². The fourth-order valence-electron chi connectivity index (χ4n) is 2.51. The summed E-state index contributed by atoms with van der Waals surface area (Å²) in [6, 6.07) is 0.345. The van der Waals surface area contributed by atoms with Crippen LogP contribution in [0.25, 0.3) is 0 Å². The minimum Gasteiger partial charge on any atom is -0.337 e. The van der Waals surface area contributed by atoms with Gasteiger partial charge in [0.2, 0.25) is 0 Å². The lowest BCUT2D eigenvalue weighted by molar-refractivity contribution is 0.0623. The number of nitrogens with zero attached hydrogens (tertiary/aromatic N) is 3. The minimum absolute atomic E-state index is 0.0347. The Balaban J connectivity index is 2.06. The van der Waals surface area contributed by atoms with E-state index >= 15 is 0 Å². The van der Waals surface area contributed by atoms with Gasteiger partial charge < -0.3 is 4.90 Å². The molecule has 2 unspecified atom stereocenters. The number of aromatic amines is 1. The zero-order valence-electron chi connectivity index (χ0n) is 9.81. The van der Waals surface area contributed by atoms with E-state index < -0.39 is 0 Å². The summed E-state index contributed by atoms with van der Waals surface area (Å²) in [6.45, 7) is 2.22. The number of H-pyrrole nitrogens is 1. The van der Waals surface area contributed by atoms with Crippen LogP contribution in [0.1, 0.15) is 43.1 Å². The Morgan fingerprint density at radius 3 is 2.88 bits per heavy atom. The fraction of sp³-hybridized carbons (Fsp3) is 0.727. The summed E-state index contributed by atoms with van der Waals surface area (Å²) in [4.78, 5) is 13.9. The smallest absolute Gasteiger partial charge is 0.276 e. The molecule has 16 heavy (non-hydrogen) atoms. The molecule has 1 N–H and O–H groups in total. The molecule has 5 nitrogen and oxygen atoms in total. The molecule has 0 bridgehead atoms. The molecule has 1 heterocycles. The van der Waals surface area contributed by atoms with Gasteiger partial charge in [-0.05, 0) is 18.8 Å². The predicted molar refractivity (Wildman–Crippen MR) is 59.9 cm³/mol. The van der Waals surface area contributed by atoms with E-state index in [2.05, 4.69) is 22.3 Å². The fourth-order valence-corrected chi connectivity index (χ4v) is 2.51. The molecule has 1 aromatic rings.